The van der Waals surface area contributed by atoms with Crippen molar-refractivity contribution in [3.05, 3.63) is 34.9 Å². The monoisotopic (exact) mass is 360 g/mol. The average molecular weight is 360 g/mol. The Labute approximate surface area is 140 Å². The predicted molar refractivity (Wildman–Crippen MR) is 77.5 cm³/mol. The molecular formula is C16H16F4N2O3. The summed E-state index contributed by atoms with van der Waals surface area (Å²) < 4.78 is 53.3. The highest BCUT2D eigenvalue weighted by Crippen LogP contribution is 2.48. The summed E-state index contributed by atoms with van der Waals surface area (Å²) in [6.07, 6.45) is 1.95. The summed E-state index contributed by atoms with van der Waals surface area (Å²) in [5.74, 6) is -7.59. The third-order valence-corrected chi connectivity index (χ3v) is 5.21. The SMILES string of the molecule is O=C(NCc1c(F)cc(F)c(F)c1F)N1C[C@@H]2CCC[C@@]2(C(=O)O)C1. The van der Waals surface area contributed by atoms with Gasteiger partial charge in [0.1, 0.15) is 5.82 Å². The number of nitrogens with one attached hydrogen (secondary N) is 1. The number of fused-ring (bicyclic) bond motifs is 1. The van der Waals surface area contributed by atoms with Crippen LogP contribution in [0, 0.1) is 34.6 Å². The summed E-state index contributed by atoms with van der Waals surface area (Å²) in [7, 11) is 0. The standard InChI is InChI=1S/C16H16F4N2O3/c17-10-4-11(18)13(20)12(19)9(10)5-21-15(25)22-6-8-2-1-3-16(8,7-22)14(23)24/h4,8H,1-3,5-7H2,(H,21,25)(H,23,24)/t8-,16+/m0/s1. The van der Waals surface area contributed by atoms with Gasteiger partial charge in [0.2, 0.25) is 0 Å². The first-order chi connectivity index (χ1) is 11.8. The number of carboxylic acid groups (broad SMARTS) is 1. The minimum Gasteiger partial charge on any atom is -0.481 e. The first kappa shape index (κ1) is 17.5. The van der Waals surface area contributed by atoms with E-state index in [0.29, 0.717) is 12.8 Å². The lowest BCUT2D eigenvalue weighted by molar-refractivity contribution is -0.149. The van der Waals surface area contributed by atoms with Crippen LogP contribution in [0.1, 0.15) is 24.8 Å². The van der Waals surface area contributed by atoms with Gasteiger partial charge in [-0.25, -0.2) is 22.4 Å². The second kappa shape index (κ2) is 6.20. The molecule has 0 aromatic heterocycles. The zero-order valence-electron chi connectivity index (χ0n) is 13.1. The zero-order valence-corrected chi connectivity index (χ0v) is 13.1. The lowest BCUT2D eigenvalue weighted by Crippen LogP contribution is -2.41. The van der Waals surface area contributed by atoms with E-state index in [9.17, 15) is 32.3 Å². The Kier molecular flexibility index (Phi) is 4.34. The lowest BCUT2D eigenvalue weighted by Gasteiger charge is -2.23. The molecule has 2 atom stereocenters. The maximum absolute atomic E-state index is 13.6. The highest BCUT2D eigenvalue weighted by Gasteiger charge is 2.55. The second-order valence-electron chi connectivity index (χ2n) is 6.54. The van der Waals surface area contributed by atoms with E-state index in [1.807, 2.05) is 0 Å². The molecule has 2 N–H and O–H groups in total. The molecule has 136 valence electrons. The van der Waals surface area contributed by atoms with E-state index >= 15 is 0 Å². The molecule has 1 heterocycles. The van der Waals surface area contributed by atoms with Gasteiger partial charge in [-0.1, -0.05) is 6.42 Å². The van der Waals surface area contributed by atoms with Crippen LogP contribution < -0.4 is 5.32 Å². The molecule has 1 aromatic rings. The fourth-order valence-corrected chi connectivity index (χ4v) is 3.84. The van der Waals surface area contributed by atoms with Gasteiger partial charge in [0.15, 0.2) is 17.5 Å². The van der Waals surface area contributed by atoms with Crippen LogP contribution in [0.15, 0.2) is 6.07 Å². The Morgan fingerprint density at radius 1 is 1.24 bits per heavy atom. The van der Waals surface area contributed by atoms with Gasteiger partial charge in [-0.2, -0.15) is 0 Å². The largest absolute Gasteiger partial charge is 0.481 e. The number of carbonyl (C=O) groups excluding carboxylic acids is 1. The number of carbonyl (C=O) groups is 2. The first-order valence-corrected chi connectivity index (χ1v) is 7.84. The maximum Gasteiger partial charge on any atom is 0.317 e. The highest BCUT2D eigenvalue weighted by molar-refractivity contribution is 5.80. The molecule has 25 heavy (non-hydrogen) atoms. The number of rotatable bonds is 3. The Bertz CT molecular complexity index is 743. The van der Waals surface area contributed by atoms with Crippen molar-refractivity contribution in [3.8, 4) is 0 Å². The quantitative estimate of drug-likeness (QED) is 0.495. The van der Waals surface area contributed by atoms with E-state index in [1.165, 1.54) is 4.90 Å². The second-order valence-corrected chi connectivity index (χ2v) is 6.54. The van der Waals surface area contributed by atoms with E-state index in [0.717, 1.165) is 6.42 Å². The summed E-state index contributed by atoms with van der Waals surface area (Å²) in [6.45, 7) is -0.419. The van der Waals surface area contributed by atoms with E-state index < -0.39 is 52.8 Å². The van der Waals surface area contributed by atoms with Crippen molar-refractivity contribution in [3.63, 3.8) is 0 Å². The lowest BCUT2D eigenvalue weighted by atomic mass is 9.81. The van der Waals surface area contributed by atoms with Crippen molar-refractivity contribution < 1.29 is 32.3 Å². The number of halogens is 4. The Balaban J connectivity index is 1.69. The van der Waals surface area contributed by atoms with Crippen LogP contribution in [0.5, 0.6) is 0 Å². The molecule has 1 aliphatic heterocycles. The predicted octanol–water partition coefficient (Wildman–Crippen LogP) is 2.64. The maximum atomic E-state index is 13.6. The molecule has 5 nitrogen and oxygen atoms in total. The van der Waals surface area contributed by atoms with Gasteiger partial charge in [0.05, 0.1) is 12.0 Å². The smallest absolute Gasteiger partial charge is 0.317 e. The van der Waals surface area contributed by atoms with Gasteiger partial charge in [0, 0.05) is 24.7 Å². The van der Waals surface area contributed by atoms with Gasteiger partial charge in [0.25, 0.3) is 0 Å². The van der Waals surface area contributed by atoms with Gasteiger partial charge < -0.3 is 15.3 Å². The van der Waals surface area contributed by atoms with Gasteiger partial charge >= 0.3 is 12.0 Å². The number of hydrogen-bond acceptors (Lipinski definition) is 2. The van der Waals surface area contributed by atoms with Crippen molar-refractivity contribution in [1.82, 2.24) is 10.2 Å². The summed E-state index contributed by atoms with van der Waals surface area (Å²) in [5.41, 5.74) is -1.77. The van der Waals surface area contributed by atoms with E-state index in [1.54, 1.807) is 0 Å². The molecular weight excluding hydrogens is 344 g/mol. The van der Waals surface area contributed by atoms with Crippen LogP contribution in [0.4, 0.5) is 22.4 Å². The molecule has 0 spiro atoms. The van der Waals surface area contributed by atoms with Gasteiger partial charge in [-0.3, -0.25) is 4.79 Å². The molecule has 3 rings (SSSR count). The molecule has 2 aliphatic rings. The van der Waals surface area contributed by atoms with E-state index in [2.05, 4.69) is 5.32 Å². The zero-order chi connectivity index (χ0) is 18.4. The molecule has 0 bridgehead atoms. The number of carboxylic acids is 1. The van der Waals surface area contributed by atoms with Crippen LogP contribution in [-0.2, 0) is 11.3 Å². The molecule has 0 radical (unpaired) electrons. The number of hydrogen-bond donors (Lipinski definition) is 2. The van der Waals surface area contributed by atoms with Crippen molar-refractivity contribution in [2.75, 3.05) is 13.1 Å². The van der Waals surface area contributed by atoms with Crippen molar-refractivity contribution in [2.24, 2.45) is 11.3 Å². The molecule has 2 amide bonds. The number of benzene rings is 1. The van der Waals surface area contributed by atoms with Gasteiger partial charge in [-0.15, -0.1) is 0 Å². The summed E-state index contributed by atoms with van der Waals surface area (Å²) in [6, 6.07) is -0.488. The van der Waals surface area contributed by atoms with Crippen LogP contribution >= 0.6 is 0 Å². The summed E-state index contributed by atoms with van der Waals surface area (Å²) >= 11 is 0. The summed E-state index contributed by atoms with van der Waals surface area (Å²) in [4.78, 5) is 25.1. The van der Waals surface area contributed by atoms with Crippen LogP contribution in [0.3, 0.4) is 0 Å². The normalized spacial score (nSPS) is 25.1. The van der Waals surface area contributed by atoms with Gasteiger partial charge in [-0.05, 0) is 18.8 Å². The number of urea groups is 1. The molecule has 0 unspecified atom stereocenters. The highest BCUT2D eigenvalue weighted by atomic mass is 19.2. The first-order valence-electron chi connectivity index (χ1n) is 7.84. The third kappa shape index (κ3) is 2.81. The number of amides is 2. The van der Waals surface area contributed by atoms with Crippen molar-refractivity contribution in [1.29, 1.82) is 0 Å². The summed E-state index contributed by atoms with van der Waals surface area (Å²) in [5, 5.41) is 11.7. The molecule has 9 heteroatoms. The topological polar surface area (TPSA) is 69.6 Å². The Morgan fingerprint density at radius 2 is 1.96 bits per heavy atom. The average Bonchev–Trinajstić information content (AvgIpc) is 3.10. The van der Waals surface area contributed by atoms with Crippen molar-refractivity contribution in [2.45, 2.75) is 25.8 Å². The van der Waals surface area contributed by atoms with Crippen LogP contribution in [0.2, 0.25) is 0 Å². The minimum absolute atomic E-state index is 0.0155. The molecule has 1 aliphatic carbocycles. The number of aliphatic carboxylic acids is 1. The number of likely N-dealkylation sites (tertiary alicyclic amines) is 1. The van der Waals surface area contributed by atoms with Crippen LogP contribution in [0.25, 0.3) is 0 Å². The third-order valence-electron chi connectivity index (χ3n) is 5.21. The molecule has 2 fully saturated rings. The van der Waals surface area contributed by atoms with E-state index in [4.69, 9.17) is 0 Å². The molecule has 1 aromatic carbocycles. The Morgan fingerprint density at radius 3 is 2.60 bits per heavy atom. The minimum atomic E-state index is -1.81. The van der Waals surface area contributed by atoms with Crippen LogP contribution in [-0.4, -0.2) is 35.1 Å². The number of nitrogens with zero attached hydrogens (tertiary/aromatic N) is 1. The molecule has 1 saturated heterocycles. The fraction of sp³-hybridized carbons (Fsp3) is 0.500. The fourth-order valence-electron chi connectivity index (χ4n) is 3.84. The Hall–Kier alpha value is -2.32. The van der Waals surface area contributed by atoms with Crippen molar-refractivity contribution >= 4 is 12.0 Å². The van der Waals surface area contributed by atoms with E-state index in [-0.39, 0.29) is 25.1 Å². The molecule has 1 saturated carbocycles.